The van der Waals surface area contributed by atoms with E-state index in [1.54, 1.807) is 0 Å². The Kier molecular flexibility index (Phi) is 4.39. The lowest BCUT2D eigenvalue weighted by atomic mass is 9.44. The van der Waals surface area contributed by atoms with Crippen molar-refractivity contribution in [3.8, 4) is 0 Å². The first-order valence-corrected chi connectivity index (χ1v) is 10.7. The molecule has 0 unspecified atom stereocenters. The van der Waals surface area contributed by atoms with Gasteiger partial charge in [-0.2, -0.15) is 0 Å². The molecule has 0 saturated heterocycles. The van der Waals surface area contributed by atoms with E-state index in [1.807, 2.05) is 6.92 Å². The van der Waals surface area contributed by atoms with Crippen LogP contribution in [0.3, 0.4) is 0 Å². The van der Waals surface area contributed by atoms with E-state index in [9.17, 15) is 9.59 Å². The first kappa shape index (κ1) is 18.3. The van der Waals surface area contributed by atoms with Gasteiger partial charge in [-0.05, 0) is 99.2 Å². The van der Waals surface area contributed by atoms with Crippen LogP contribution in [0.5, 0.6) is 0 Å². The maximum Gasteiger partial charge on any atom is 0.404 e. The number of carbonyl (C=O) groups is 2. The van der Waals surface area contributed by atoms with E-state index in [0.717, 1.165) is 43.4 Å². The van der Waals surface area contributed by atoms with Crippen LogP contribution in [0.4, 0.5) is 4.79 Å². The van der Waals surface area contributed by atoms with Crippen molar-refractivity contribution in [1.82, 2.24) is 0 Å². The summed E-state index contributed by atoms with van der Waals surface area (Å²) in [6.07, 6.45) is 9.86. The van der Waals surface area contributed by atoms with Gasteiger partial charge in [-0.25, -0.2) is 4.79 Å². The highest BCUT2D eigenvalue weighted by molar-refractivity contribution is 5.79. The summed E-state index contributed by atoms with van der Waals surface area (Å²) in [5.74, 6) is 3.65. The molecule has 4 heteroatoms. The van der Waals surface area contributed by atoms with E-state index < -0.39 is 6.09 Å². The molecule has 2 N–H and O–H groups in total. The van der Waals surface area contributed by atoms with Crippen molar-refractivity contribution in [1.29, 1.82) is 0 Å². The average molecular weight is 362 g/mol. The summed E-state index contributed by atoms with van der Waals surface area (Å²) in [6, 6.07) is 0. The number of fused-ring (bicyclic) bond motifs is 5. The number of amides is 1. The number of hydrogen-bond donors (Lipinski definition) is 1. The molecule has 4 aliphatic rings. The zero-order valence-electron chi connectivity index (χ0n) is 16.6. The summed E-state index contributed by atoms with van der Waals surface area (Å²) in [5, 5.41) is 0. The number of primary amides is 1. The van der Waals surface area contributed by atoms with Gasteiger partial charge in [0.2, 0.25) is 0 Å². The molecule has 4 nitrogen and oxygen atoms in total. The van der Waals surface area contributed by atoms with Gasteiger partial charge >= 0.3 is 6.09 Å². The molecule has 4 fully saturated rings. The Bertz CT molecular complexity index is 604. The van der Waals surface area contributed by atoms with Crippen LogP contribution in [0.25, 0.3) is 0 Å². The van der Waals surface area contributed by atoms with Gasteiger partial charge in [0.15, 0.2) is 0 Å². The minimum Gasteiger partial charge on any atom is -0.446 e. The molecule has 1 amide bonds. The van der Waals surface area contributed by atoms with Gasteiger partial charge in [-0.15, -0.1) is 0 Å². The molecule has 0 aromatic heterocycles. The van der Waals surface area contributed by atoms with Crippen LogP contribution >= 0.6 is 0 Å². The maximum atomic E-state index is 12.2. The lowest BCUT2D eigenvalue weighted by Crippen LogP contribution is -2.54. The zero-order valence-corrected chi connectivity index (χ0v) is 16.6. The molecule has 0 aliphatic heterocycles. The second-order valence-corrected chi connectivity index (χ2v) is 10.3. The standard InChI is InChI=1S/C22H35NO3/c1-13(24)17-6-7-18-16-5-4-14-12-15(26-20(23)25)8-10-21(14,2)19(16)9-11-22(17,18)3/h14-19H,4-12H2,1-3H3,(H2,23,25)/t14-,15+,16-,17+,18-,19-,21-,22+/m0/s1. The second-order valence-electron chi connectivity index (χ2n) is 10.3. The third-order valence-electron chi connectivity index (χ3n) is 9.39. The minimum atomic E-state index is -0.623. The summed E-state index contributed by atoms with van der Waals surface area (Å²) in [6.45, 7) is 6.73. The molecule has 0 heterocycles. The van der Waals surface area contributed by atoms with Gasteiger partial charge in [0.1, 0.15) is 11.9 Å². The first-order valence-electron chi connectivity index (χ1n) is 10.7. The van der Waals surface area contributed by atoms with E-state index in [2.05, 4.69) is 13.8 Å². The van der Waals surface area contributed by atoms with Gasteiger partial charge in [-0.1, -0.05) is 13.8 Å². The summed E-state index contributed by atoms with van der Waals surface area (Å²) in [5.41, 5.74) is 5.86. The minimum absolute atomic E-state index is 0.0181. The van der Waals surface area contributed by atoms with Crippen molar-refractivity contribution < 1.29 is 14.3 Å². The highest BCUT2D eigenvalue weighted by Crippen LogP contribution is 2.67. The third-order valence-corrected chi connectivity index (χ3v) is 9.39. The number of ether oxygens (including phenoxy) is 1. The van der Waals surface area contributed by atoms with Crippen LogP contribution in [0.15, 0.2) is 0 Å². The van der Waals surface area contributed by atoms with E-state index in [1.165, 1.54) is 32.1 Å². The fourth-order valence-corrected chi connectivity index (χ4v) is 8.16. The van der Waals surface area contributed by atoms with Gasteiger partial charge in [0, 0.05) is 5.92 Å². The van der Waals surface area contributed by atoms with Gasteiger partial charge in [0.25, 0.3) is 0 Å². The fraction of sp³-hybridized carbons (Fsp3) is 0.909. The number of Topliss-reactive ketones (excluding diaryl/α,β-unsaturated/α-hetero) is 1. The smallest absolute Gasteiger partial charge is 0.404 e. The van der Waals surface area contributed by atoms with Gasteiger partial charge in [-0.3, -0.25) is 4.79 Å². The van der Waals surface area contributed by atoms with E-state index in [-0.39, 0.29) is 11.5 Å². The SMILES string of the molecule is CC(=O)[C@H]1CC[C@H]2[C@@H]3CC[C@H]4C[C@H](OC(N)=O)CC[C@]4(C)[C@H]3CC[C@]12C. The van der Waals surface area contributed by atoms with Gasteiger partial charge < -0.3 is 10.5 Å². The molecule has 4 rings (SSSR count). The Hall–Kier alpha value is -1.06. The number of hydrogen-bond acceptors (Lipinski definition) is 3. The predicted octanol–water partition coefficient (Wildman–Crippen LogP) is 4.70. The number of carbonyl (C=O) groups excluding carboxylic acids is 2. The summed E-state index contributed by atoms with van der Waals surface area (Å²) < 4.78 is 5.35. The van der Waals surface area contributed by atoms with Crippen LogP contribution in [-0.4, -0.2) is 18.0 Å². The van der Waals surface area contributed by atoms with E-state index in [4.69, 9.17) is 10.5 Å². The molecule has 4 aliphatic carbocycles. The van der Waals surface area contributed by atoms with Crippen molar-refractivity contribution in [3.05, 3.63) is 0 Å². The Balaban J connectivity index is 1.54. The largest absolute Gasteiger partial charge is 0.446 e. The highest BCUT2D eigenvalue weighted by atomic mass is 16.6. The van der Waals surface area contributed by atoms with Crippen LogP contribution < -0.4 is 5.73 Å². The normalized spacial score (nSPS) is 50.3. The first-order chi connectivity index (χ1) is 12.3. The topological polar surface area (TPSA) is 69.4 Å². The van der Waals surface area contributed by atoms with Crippen molar-refractivity contribution in [3.63, 3.8) is 0 Å². The molecule has 146 valence electrons. The lowest BCUT2D eigenvalue weighted by Gasteiger charge is -2.61. The van der Waals surface area contributed by atoms with Crippen molar-refractivity contribution >= 4 is 11.9 Å². The number of ketones is 1. The fourth-order valence-electron chi connectivity index (χ4n) is 8.16. The van der Waals surface area contributed by atoms with E-state index >= 15 is 0 Å². The molecule has 0 aromatic carbocycles. The Morgan fingerprint density at radius 2 is 1.62 bits per heavy atom. The zero-order chi connectivity index (χ0) is 18.7. The van der Waals surface area contributed by atoms with Crippen molar-refractivity contribution in [2.45, 2.75) is 84.7 Å². The summed E-state index contributed by atoms with van der Waals surface area (Å²) in [7, 11) is 0. The number of rotatable bonds is 2. The molecule has 0 aromatic rings. The molecule has 0 radical (unpaired) electrons. The Labute approximate surface area is 157 Å². The van der Waals surface area contributed by atoms with Crippen LogP contribution in [0.1, 0.15) is 78.6 Å². The molecule has 8 atom stereocenters. The second kappa shape index (κ2) is 6.24. The lowest BCUT2D eigenvalue weighted by molar-refractivity contribution is -0.138. The molecule has 4 saturated carbocycles. The molecule has 0 spiro atoms. The monoisotopic (exact) mass is 361 g/mol. The molecular weight excluding hydrogens is 326 g/mol. The van der Waals surface area contributed by atoms with Crippen molar-refractivity contribution in [2.75, 3.05) is 0 Å². The Morgan fingerprint density at radius 3 is 2.31 bits per heavy atom. The maximum absolute atomic E-state index is 12.2. The number of nitrogens with two attached hydrogens (primary N) is 1. The summed E-state index contributed by atoms with van der Waals surface area (Å²) >= 11 is 0. The molecule has 26 heavy (non-hydrogen) atoms. The van der Waals surface area contributed by atoms with Crippen molar-refractivity contribution in [2.24, 2.45) is 46.2 Å². The molecule has 0 bridgehead atoms. The molecular formula is C22H35NO3. The van der Waals surface area contributed by atoms with Crippen LogP contribution in [0.2, 0.25) is 0 Å². The third kappa shape index (κ3) is 2.62. The quantitative estimate of drug-likeness (QED) is 0.775. The predicted molar refractivity (Wildman–Crippen MR) is 100 cm³/mol. The summed E-state index contributed by atoms with van der Waals surface area (Å²) in [4.78, 5) is 23.4. The van der Waals surface area contributed by atoms with Crippen LogP contribution in [0, 0.1) is 40.4 Å². The Morgan fingerprint density at radius 1 is 0.923 bits per heavy atom. The van der Waals surface area contributed by atoms with Gasteiger partial charge in [0.05, 0.1) is 0 Å². The average Bonchev–Trinajstić information content (AvgIpc) is 2.92. The van der Waals surface area contributed by atoms with E-state index in [0.29, 0.717) is 23.0 Å². The highest BCUT2D eigenvalue weighted by Gasteiger charge is 2.60. The van der Waals surface area contributed by atoms with Crippen LogP contribution in [-0.2, 0) is 9.53 Å².